The molecule has 1 aromatic carbocycles. The summed E-state index contributed by atoms with van der Waals surface area (Å²) >= 11 is 0. The highest BCUT2D eigenvalue weighted by Crippen LogP contribution is 2.30. The van der Waals surface area contributed by atoms with Gasteiger partial charge in [-0.3, -0.25) is 4.57 Å². The van der Waals surface area contributed by atoms with E-state index in [9.17, 15) is 22.0 Å². The Morgan fingerprint density at radius 2 is 2.03 bits per heavy atom. The summed E-state index contributed by atoms with van der Waals surface area (Å²) < 4.78 is 60.1. The molecule has 0 saturated carbocycles. The predicted octanol–water partition coefficient (Wildman–Crippen LogP) is 2.28. The topological polar surface area (TPSA) is 95.2 Å². The summed E-state index contributed by atoms with van der Waals surface area (Å²) in [5.74, 6) is 0.854. The molecule has 0 amide bonds. The highest BCUT2D eigenvalue weighted by atomic mass is 32.2. The van der Waals surface area contributed by atoms with Crippen molar-refractivity contribution in [1.29, 1.82) is 0 Å². The van der Waals surface area contributed by atoms with Gasteiger partial charge in [-0.1, -0.05) is 6.07 Å². The Bertz CT molecular complexity index is 1150. The van der Waals surface area contributed by atoms with Crippen LogP contribution in [-0.4, -0.2) is 35.9 Å². The number of aromatic nitrogens is 3. The molecule has 1 aliphatic carbocycles. The predicted molar refractivity (Wildman–Crippen MR) is 110 cm³/mol. The first-order chi connectivity index (χ1) is 14.8. The normalized spacial score (nSPS) is 16.0. The zero-order valence-electron chi connectivity index (χ0n) is 16.9. The van der Waals surface area contributed by atoms with E-state index in [0.29, 0.717) is 31.5 Å². The molecule has 168 valence electrons. The van der Waals surface area contributed by atoms with Gasteiger partial charge in [0.25, 0.3) is 0 Å². The molecule has 4 rings (SSSR count). The van der Waals surface area contributed by atoms with E-state index in [1.54, 1.807) is 16.7 Å². The van der Waals surface area contributed by atoms with Crippen LogP contribution in [0.3, 0.4) is 0 Å². The molecule has 0 bridgehead atoms. The second-order valence-corrected chi connectivity index (χ2v) is 9.45. The number of benzene rings is 1. The third-order valence-corrected chi connectivity index (χ3v) is 7.11. The number of ether oxygens (including phenoxy) is 1. The lowest BCUT2D eigenvalue weighted by Gasteiger charge is -2.18. The van der Waals surface area contributed by atoms with Gasteiger partial charge in [0.15, 0.2) is 0 Å². The molecule has 2 heterocycles. The molecular formula is C20H24F2N4O4S. The van der Waals surface area contributed by atoms with Crippen LogP contribution in [0.2, 0.25) is 0 Å². The summed E-state index contributed by atoms with van der Waals surface area (Å²) in [7, 11) is -3.68. The van der Waals surface area contributed by atoms with Crippen molar-refractivity contribution in [2.75, 3.05) is 6.54 Å². The SMILES string of the molecule is O=c1n(CCCNS(=O)(=O)C2=Cc3ccc(OC(F)F)cc3CC2)nc2n1CCCC2. The molecule has 0 fully saturated rings. The standard InChI is InChI=1S/C20H24F2N4O4S/c21-19(22)30-16-7-5-15-13-17(8-6-14(15)12-16)31(28,29)23-9-3-11-26-20(27)25-10-2-1-4-18(25)24-26/h5,7,12-13,19,23H,1-4,6,8-11H2. The monoisotopic (exact) mass is 454 g/mol. The number of allylic oxidation sites excluding steroid dienone is 1. The van der Waals surface area contributed by atoms with E-state index in [4.69, 9.17) is 0 Å². The maximum absolute atomic E-state index is 12.7. The third-order valence-electron chi connectivity index (χ3n) is 5.51. The van der Waals surface area contributed by atoms with Crippen LogP contribution in [0.25, 0.3) is 6.08 Å². The quantitative estimate of drug-likeness (QED) is 0.618. The Hall–Kier alpha value is -2.53. The van der Waals surface area contributed by atoms with Crippen LogP contribution in [0.15, 0.2) is 27.9 Å². The van der Waals surface area contributed by atoms with Crippen LogP contribution in [0.4, 0.5) is 8.78 Å². The van der Waals surface area contributed by atoms with Gasteiger partial charge in [0.2, 0.25) is 10.0 Å². The van der Waals surface area contributed by atoms with Gasteiger partial charge in [-0.15, -0.1) is 0 Å². The molecule has 2 aliphatic rings. The minimum atomic E-state index is -3.68. The molecule has 31 heavy (non-hydrogen) atoms. The number of alkyl halides is 2. The average Bonchev–Trinajstić information content (AvgIpc) is 3.06. The van der Waals surface area contributed by atoms with E-state index >= 15 is 0 Å². The van der Waals surface area contributed by atoms with Crippen molar-refractivity contribution in [3.8, 4) is 5.75 Å². The summed E-state index contributed by atoms with van der Waals surface area (Å²) in [4.78, 5) is 12.6. The first-order valence-corrected chi connectivity index (χ1v) is 11.8. The van der Waals surface area contributed by atoms with Gasteiger partial charge < -0.3 is 4.74 Å². The molecule has 0 atom stereocenters. The number of nitrogens with one attached hydrogen (secondary N) is 1. The Labute approximate surface area is 178 Å². The van der Waals surface area contributed by atoms with Crippen LogP contribution in [0.5, 0.6) is 5.75 Å². The fourth-order valence-corrected chi connectivity index (χ4v) is 5.20. The number of halogens is 2. The number of nitrogens with zero attached hydrogens (tertiary/aromatic N) is 3. The van der Waals surface area contributed by atoms with Gasteiger partial charge in [-0.25, -0.2) is 22.6 Å². The van der Waals surface area contributed by atoms with Gasteiger partial charge >= 0.3 is 12.3 Å². The largest absolute Gasteiger partial charge is 0.435 e. The van der Waals surface area contributed by atoms with Gasteiger partial charge in [0.05, 0.1) is 4.91 Å². The van der Waals surface area contributed by atoms with Crippen molar-refractivity contribution < 1.29 is 21.9 Å². The number of hydrogen-bond acceptors (Lipinski definition) is 5. The number of fused-ring (bicyclic) bond motifs is 2. The summed E-state index contributed by atoms with van der Waals surface area (Å²) in [6.45, 7) is -1.69. The lowest BCUT2D eigenvalue weighted by atomic mass is 9.97. The molecule has 1 aliphatic heterocycles. The van der Waals surface area contributed by atoms with Crippen LogP contribution >= 0.6 is 0 Å². The Balaban J connectivity index is 1.36. The fraction of sp³-hybridized carbons (Fsp3) is 0.500. The van der Waals surface area contributed by atoms with E-state index in [1.165, 1.54) is 16.8 Å². The fourth-order valence-electron chi connectivity index (χ4n) is 3.95. The van der Waals surface area contributed by atoms with Gasteiger partial charge in [0.1, 0.15) is 11.6 Å². The van der Waals surface area contributed by atoms with Crippen molar-refractivity contribution in [3.63, 3.8) is 0 Å². The summed E-state index contributed by atoms with van der Waals surface area (Å²) in [6, 6.07) is 4.48. The van der Waals surface area contributed by atoms with Crippen LogP contribution in [0, 0.1) is 0 Å². The first kappa shape index (κ1) is 21.7. The van der Waals surface area contributed by atoms with E-state index in [-0.39, 0.29) is 29.3 Å². The van der Waals surface area contributed by atoms with E-state index in [2.05, 4.69) is 14.6 Å². The molecule has 8 nitrogen and oxygen atoms in total. The van der Waals surface area contributed by atoms with Crippen LogP contribution in [-0.2, 0) is 36.0 Å². The summed E-state index contributed by atoms with van der Waals surface area (Å²) in [5.41, 5.74) is 1.29. The number of sulfonamides is 1. The number of hydrogen-bond donors (Lipinski definition) is 1. The second-order valence-electron chi connectivity index (χ2n) is 7.63. The lowest BCUT2D eigenvalue weighted by Crippen LogP contribution is -2.30. The Kier molecular flexibility index (Phi) is 6.24. The summed E-state index contributed by atoms with van der Waals surface area (Å²) in [5, 5.41) is 4.35. The van der Waals surface area contributed by atoms with Gasteiger partial charge in [-0.2, -0.15) is 13.9 Å². The van der Waals surface area contributed by atoms with Crippen molar-refractivity contribution >= 4 is 16.1 Å². The van der Waals surface area contributed by atoms with E-state index in [1.807, 2.05) is 0 Å². The molecule has 1 aromatic heterocycles. The lowest BCUT2D eigenvalue weighted by molar-refractivity contribution is -0.0498. The van der Waals surface area contributed by atoms with Gasteiger partial charge in [0, 0.05) is 26.1 Å². The zero-order valence-corrected chi connectivity index (χ0v) is 17.7. The second kappa shape index (κ2) is 8.91. The zero-order chi connectivity index (χ0) is 22.0. The molecule has 0 spiro atoms. The molecule has 0 saturated heterocycles. The summed E-state index contributed by atoms with van der Waals surface area (Å²) in [6.07, 6.45) is 5.47. The molecule has 0 radical (unpaired) electrons. The molecule has 1 N–H and O–H groups in total. The highest BCUT2D eigenvalue weighted by Gasteiger charge is 2.22. The first-order valence-electron chi connectivity index (χ1n) is 10.3. The third kappa shape index (κ3) is 4.87. The van der Waals surface area contributed by atoms with E-state index < -0.39 is 16.6 Å². The molecule has 0 unspecified atom stereocenters. The Morgan fingerprint density at radius 3 is 2.81 bits per heavy atom. The molecule has 11 heteroatoms. The van der Waals surface area contributed by atoms with E-state index in [0.717, 1.165) is 30.7 Å². The van der Waals surface area contributed by atoms with Crippen LogP contribution < -0.4 is 15.1 Å². The minimum absolute atomic E-state index is 0.0581. The molecular weight excluding hydrogens is 430 g/mol. The Morgan fingerprint density at radius 1 is 1.19 bits per heavy atom. The maximum atomic E-state index is 12.7. The minimum Gasteiger partial charge on any atom is -0.435 e. The number of aryl methyl sites for hydroxylation is 3. The van der Waals surface area contributed by atoms with Crippen molar-refractivity contribution in [2.24, 2.45) is 0 Å². The average molecular weight is 454 g/mol. The number of rotatable bonds is 8. The van der Waals surface area contributed by atoms with Crippen molar-refractivity contribution in [1.82, 2.24) is 19.1 Å². The maximum Gasteiger partial charge on any atom is 0.387 e. The molecule has 2 aromatic rings. The van der Waals surface area contributed by atoms with Gasteiger partial charge in [-0.05, 0) is 61.4 Å². The highest BCUT2D eigenvalue weighted by molar-refractivity contribution is 7.93. The smallest absolute Gasteiger partial charge is 0.387 e. The van der Waals surface area contributed by atoms with Crippen LogP contribution in [0.1, 0.15) is 42.6 Å². The van der Waals surface area contributed by atoms with Crippen molar-refractivity contribution in [3.05, 3.63) is 50.5 Å². The van der Waals surface area contributed by atoms with Crippen molar-refractivity contribution in [2.45, 2.75) is 58.2 Å².